The Kier molecular flexibility index (Phi) is 6.60. The maximum atomic E-state index is 14.9. The molecule has 36 heavy (non-hydrogen) atoms. The van der Waals surface area contributed by atoms with Gasteiger partial charge < -0.3 is 4.90 Å². The number of Topliss-reactive ketones (excluding diaryl/α,β-unsaturated/α-hetero) is 1. The first-order chi connectivity index (χ1) is 16.7. The van der Waals surface area contributed by atoms with E-state index in [2.05, 4.69) is 0 Å². The molecule has 2 aromatic rings. The molecule has 11 heteroatoms. The lowest BCUT2D eigenvalue weighted by Gasteiger charge is -2.35. The van der Waals surface area contributed by atoms with E-state index in [0.29, 0.717) is 0 Å². The van der Waals surface area contributed by atoms with Crippen molar-refractivity contribution in [2.45, 2.75) is 49.7 Å². The van der Waals surface area contributed by atoms with Gasteiger partial charge in [0.1, 0.15) is 0 Å². The van der Waals surface area contributed by atoms with Gasteiger partial charge in [-0.3, -0.25) is 9.59 Å². The number of benzene rings is 2. The molecule has 6 nitrogen and oxygen atoms in total. The molecule has 2 aromatic carbocycles. The molecule has 1 unspecified atom stereocenters. The molecule has 2 aliphatic rings. The van der Waals surface area contributed by atoms with Gasteiger partial charge in [0.2, 0.25) is 15.6 Å². The third-order valence-electron chi connectivity index (χ3n) is 6.42. The molecule has 0 saturated heterocycles. The molecule has 1 aliphatic heterocycles. The fourth-order valence-electron chi connectivity index (χ4n) is 4.79. The van der Waals surface area contributed by atoms with Crippen LogP contribution in [0.4, 0.5) is 13.2 Å². The van der Waals surface area contributed by atoms with Gasteiger partial charge in [-0.2, -0.15) is 17.9 Å². The number of nitrogens with one attached hydrogen (secondary N) is 1. The first-order valence-corrected chi connectivity index (χ1v) is 13.0. The Morgan fingerprint density at radius 1 is 1.00 bits per heavy atom. The largest absolute Gasteiger partial charge is 0.421 e. The molecule has 0 fully saturated rings. The van der Waals surface area contributed by atoms with Gasteiger partial charge in [0.15, 0.2) is 5.78 Å². The Bertz CT molecular complexity index is 1340. The number of sulfonamides is 1. The van der Waals surface area contributed by atoms with E-state index in [9.17, 15) is 31.2 Å². The minimum atomic E-state index is -5.43. The minimum Gasteiger partial charge on any atom is -0.313 e. The van der Waals surface area contributed by atoms with E-state index < -0.39 is 49.3 Å². The second-order valence-electron chi connectivity index (χ2n) is 9.76. The third kappa shape index (κ3) is 4.57. The highest BCUT2D eigenvalue weighted by atomic mass is 35.5. The highest BCUT2D eigenvalue weighted by Crippen LogP contribution is 2.52. The van der Waals surface area contributed by atoms with Crippen molar-refractivity contribution in [1.29, 1.82) is 0 Å². The predicted molar refractivity (Wildman–Crippen MR) is 127 cm³/mol. The summed E-state index contributed by atoms with van der Waals surface area (Å²) in [6.45, 7) is 3.30. The molecule has 0 bridgehead atoms. The van der Waals surface area contributed by atoms with Crippen LogP contribution in [0, 0.1) is 5.41 Å². The topological polar surface area (TPSA) is 83.6 Å². The van der Waals surface area contributed by atoms with Crippen molar-refractivity contribution < 1.29 is 31.2 Å². The summed E-state index contributed by atoms with van der Waals surface area (Å²) in [5, 5.41) is 0.179. The molecule has 0 spiro atoms. The zero-order valence-electron chi connectivity index (χ0n) is 19.5. The van der Waals surface area contributed by atoms with Crippen molar-refractivity contribution in [3.8, 4) is 0 Å². The summed E-state index contributed by atoms with van der Waals surface area (Å²) in [7, 11) is -4.89. The monoisotopic (exact) mass is 540 g/mol. The number of hydrogen-bond acceptors (Lipinski definition) is 4. The lowest BCUT2D eigenvalue weighted by Crippen LogP contribution is -2.66. The maximum absolute atomic E-state index is 14.9. The molecule has 1 heterocycles. The van der Waals surface area contributed by atoms with Gasteiger partial charge in [0, 0.05) is 23.7 Å². The fourth-order valence-corrected chi connectivity index (χ4v) is 6.23. The van der Waals surface area contributed by atoms with Crippen LogP contribution in [0.15, 0.2) is 70.8 Å². The Balaban J connectivity index is 1.85. The van der Waals surface area contributed by atoms with Gasteiger partial charge in [-0.25, -0.2) is 8.42 Å². The van der Waals surface area contributed by atoms with Gasteiger partial charge in [0.25, 0.3) is 5.91 Å². The number of nitrogens with zero attached hydrogens (tertiary/aromatic N) is 1. The summed E-state index contributed by atoms with van der Waals surface area (Å²) < 4.78 is 72.5. The highest BCUT2D eigenvalue weighted by molar-refractivity contribution is 7.89. The SMILES string of the molecule is CC1(C)CC(=O)C2=C(C1)N(CCc1ccccc1)C(=O)C2(NS(=O)(=O)c1ccc(Cl)cc1)C(F)(F)F. The summed E-state index contributed by atoms with van der Waals surface area (Å²) in [6, 6.07) is 13.3. The molecule has 1 N–H and O–H groups in total. The van der Waals surface area contributed by atoms with Gasteiger partial charge in [0.05, 0.1) is 10.5 Å². The van der Waals surface area contributed by atoms with Crippen LogP contribution >= 0.6 is 11.6 Å². The summed E-state index contributed by atoms with van der Waals surface area (Å²) in [5.41, 5.74) is -4.60. The number of allylic oxidation sites excluding steroid dienone is 1. The fraction of sp³-hybridized carbons (Fsp3) is 0.360. The van der Waals surface area contributed by atoms with Crippen LogP contribution in [0.5, 0.6) is 0 Å². The Hall–Kier alpha value is -2.69. The average molecular weight is 541 g/mol. The van der Waals surface area contributed by atoms with E-state index in [1.807, 2.05) is 0 Å². The molecule has 0 aromatic heterocycles. The van der Waals surface area contributed by atoms with Crippen molar-refractivity contribution in [2.24, 2.45) is 5.41 Å². The Morgan fingerprint density at radius 3 is 2.19 bits per heavy atom. The number of carbonyl (C=O) groups excluding carboxylic acids is 2. The van der Waals surface area contributed by atoms with E-state index >= 15 is 0 Å². The Morgan fingerprint density at radius 2 is 1.61 bits per heavy atom. The van der Waals surface area contributed by atoms with Crippen molar-refractivity contribution in [3.05, 3.63) is 76.5 Å². The minimum absolute atomic E-state index is 0.00903. The number of ketones is 1. The number of amides is 1. The van der Waals surface area contributed by atoms with E-state index in [-0.39, 0.29) is 36.5 Å². The molecule has 1 amide bonds. The van der Waals surface area contributed by atoms with Crippen LogP contribution in [0.2, 0.25) is 5.02 Å². The van der Waals surface area contributed by atoms with Gasteiger partial charge >= 0.3 is 6.18 Å². The molecule has 0 radical (unpaired) electrons. The maximum Gasteiger partial charge on any atom is 0.421 e. The molecule has 4 rings (SSSR count). The van der Waals surface area contributed by atoms with Gasteiger partial charge in [-0.1, -0.05) is 55.8 Å². The summed E-state index contributed by atoms with van der Waals surface area (Å²) >= 11 is 5.79. The lowest BCUT2D eigenvalue weighted by atomic mass is 9.72. The van der Waals surface area contributed by atoms with Crippen molar-refractivity contribution in [1.82, 2.24) is 9.62 Å². The van der Waals surface area contributed by atoms with E-state index in [4.69, 9.17) is 11.6 Å². The van der Waals surface area contributed by atoms with Crippen LogP contribution in [0.25, 0.3) is 0 Å². The standard InChI is InChI=1S/C25H24ClF3N2O4S/c1-23(2)14-19-21(20(32)15-23)24(25(27,28)29,30-36(34,35)18-10-8-17(26)9-11-18)22(33)31(19)13-12-16-6-4-3-5-7-16/h3-11,30H,12-15H2,1-2H3. The van der Waals surface area contributed by atoms with E-state index in [1.54, 1.807) is 48.9 Å². The molecule has 1 atom stereocenters. The second-order valence-corrected chi connectivity index (χ2v) is 11.9. The summed E-state index contributed by atoms with van der Waals surface area (Å²) in [6.07, 6.45) is -5.46. The third-order valence-corrected chi connectivity index (χ3v) is 8.14. The molecular weight excluding hydrogens is 517 g/mol. The number of halogens is 4. The zero-order chi connectivity index (χ0) is 26.5. The highest BCUT2D eigenvalue weighted by Gasteiger charge is 2.72. The van der Waals surface area contributed by atoms with Crippen molar-refractivity contribution in [3.63, 3.8) is 0 Å². The number of carbonyl (C=O) groups is 2. The summed E-state index contributed by atoms with van der Waals surface area (Å²) in [4.78, 5) is 27.3. The first-order valence-electron chi connectivity index (χ1n) is 11.2. The number of rotatable bonds is 6. The van der Waals surface area contributed by atoms with E-state index in [1.165, 1.54) is 12.1 Å². The van der Waals surface area contributed by atoms with Crippen molar-refractivity contribution >= 4 is 33.3 Å². The van der Waals surface area contributed by atoms with E-state index in [0.717, 1.165) is 22.6 Å². The normalized spacial score (nSPS) is 22.2. The predicted octanol–water partition coefficient (Wildman–Crippen LogP) is 4.65. The van der Waals surface area contributed by atoms with Crippen molar-refractivity contribution in [2.75, 3.05) is 6.54 Å². The second kappa shape index (κ2) is 9.00. The van der Waals surface area contributed by atoms with Gasteiger partial charge in [-0.05, 0) is 48.1 Å². The summed E-state index contributed by atoms with van der Waals surface area (Å²) in [5.74, 6) is -2.44. The van der Waals surface area contributed by atoms with Gasteiger partial charge in [-0.15, -0.1) is 0 Å². The van der Waals surface area contributed by atoms with Crippen LogP contribution < -0.4 is 4.72 Å². The smallest absolute Gasteiger partial charge is 0.313 e. The van der Waals surface area contributed by atoms with Crippen LogP contribution in [-0.2, 0) is 26.0 Å². The lowest BCUT2D eigenvalue weighted by molar-refractivity contribution is -0.188. The van der Waals surface area contributed by atoms with Crippen LogP contribution in [0.1, 0.15) is 32.3 Å². The van der Waals surface area contributed by atoms with Crippen LogP contribution in [-0.4, -0.2) is 43.3 Å². The number of alkyl halides is 3. The quantitative estimate of drug-likeness (QED) is 0.578. The molecule has 1 aliphatic carbocycles. The first kappa shape index (κ1) is 26.4. The van der Waals surface area contributed by atoms with Crippen LogP contribution in [0.3, 0.4) is 0 Å². The zero-order valence-corrected chi connectivity index (χ0v) is 21.1. The molecular formula is C25H24ClF3N2O4S. The Labute approximate surface area is 212 Å². The molecule has 192 valence electrons. The average Bonchev–Trinajstić information content (AvgIpc) is 3.00. The number of hydrogen-bond donors (Lipinski definition) is 1. The molecule has 0 saturated carbocycles.